The zero-order valence-corrected chi connectivity index (χ0v) is 18.8. The first-order valence-electron chi connectivity index (χ1n) is 10.8. The number of carbonyl (C=O) groups is 2. The Balaban J connectivity index is 1.22. The van der Waals surface area contributed by atoms with Gasteiger partial charge in [0.05, 0.1) is 11.1 Å². The number of likely N-dealkylation sites (tertiary alicyclic amines) is 1. The van der Waals surface area contributed by atoms with Gasteiger partial charge in [-0.1, -0.05) is 30.3 Å². The summed E-state index contributed by atoms with van der Waals surface area (Å²) in [5, 5.41) is 1.72. The van der Waals surface area contributed by atoms with Gasteiger partial charge in [0.25, 0.3) is 11.8 Å². The Morgan fingerprint density at radius 3 is 2.32 bits per heavy atom. The zero-order chi connectivity index (χ0) is 23.9. The lowest BCUT2D eigenvalue weighted by Gasteiger charge is -2.48. The van der Waals surface area contributed by atoms with E-state index in [9.17, 15) is 22.8 Å². The highest BCUT2D eigenvalue weighted by molar-refractivity contribution is 7.07. The van der Waals surface area contributed by atoms with Crippen molar-refractivity contribution in [1.29, 1.82) is 0 Å². The van der Waals surface area contributed by atoms with E-state index >= 15 is 0 Å². The van der Waals surface area contributed by atoms with Crippen molar-refractivity contribution in [3.05, 3.63) is 64.3 Å². The highest BCUT2D eigenvalue weighted by atomic mass is 32.1. The highest BCUT2D eigenvalue weighted by Gasteiger charge is 2.44. The summed E-state index contributed by atoms with van der Waals surface area (Å²) in [7, 11) is 0. The minimum absolute atomic E-state index is 0.00856. The maximum Gasteiger partial charge on any atom is 0.450 e. The maximum absolute atomic E-state index is 13.6. The van der Waals surface area contributed by atoms with E-state index in [-0.39, 0.29) is 17.7 Å². The van der Waals surface area contributed by atoms with Crippen LogP contribution in [-0.2, 0) is 6.18 Å². The van der Waals surface area contributed by atoms with Crippen molar-refractivity contribution >= 4 is 23.2 Å². The standard InChI is InChI=1S/C23H21F3N4O3S/c24-23(25,26)20-17(10-19(33-20)15-4-2-1-3-5-15)21(31)30-11-16(12-30)28-6-8-29(9-7-28)22(32)18-13-34-14-27-18/h1-5,10,13-14,16H,6-9,11-12H2. The molecule has 5 rings (SSSR count). The summed E-state index contributed by atoms with van der Waals surface area (Å²) in [4.78, 5) is 34.8. The van der Waals surface area contributed by atoms with E-state index in [0.29, 0.717) is 50.5 Å². The number of hydrogen-bond acceptors (Lipinski definition) is 6. The van der Waals surface area contributed by atoms with E-state index in [2.05, 4.69) is 9.88 Å². The molecule has 2 aliphatic rings. The molecule has 34 heavy (non-hydrogen) atoms. The Morgan fingerprint density at radius 2 is 1.71 bits per heavy atom. The largest absolute Gasteiger partial charge is 0.451 e. The molecule has 1 aromatic carbocycles. The normalized spacial score (nSPS) is 17.6. The lowest BCUT2D eigenvalue weighted by Crippen LogP contribution is -2.64. The van der Waals surface area contributed by atoms with Crippen molar-refractivity contribution in [3.63, 3.8) is 0 Å². The molecule has 0 unspecified atom stereocenters. The Labute approximate surface area is 197 Å². The molecule has 2 saturated heterocycles. The predicted molar refractivity (Wildman–Crippen MR) is 118 cm³/mol. The van der Waals surface area contributed by atoms with Crippen LogP contribution in [0.5, 0.6) is 0 Å². The second kappa shape index (κ2) is 8.88. The topological polar surface area (TPSA) is 69.9 Å². The molecule has 4 heterocycles. The number of thiazole rings is 1. The van der Waals surface area contributed by atoms with Gasteiger partial charge in [0.1, 0.15) is 11.5 Å². The molecule has 11 heteroatoms. The van der Waals surface area contributed by atoms with Crippen molar-refractivity contribution in [2.24, 2.45) is 0 Å². The minimum Gasteiger partial charge on any atom is -0.451 e. The Morgan fingerprint density at radius 1 is 1.00 bits per heavy atom. The average molecular weight is 491 g/mol. The Kier molecular flexibility index (Phi) is 5.90. The fraction of sp³-hybridized carbons (Fsp3) is 0.348. The van der Waals surface area contributed by atoms with Crippen molar-refractivity contribution in [2.45, 2.75) is 12.2 Å². The Bertz CT molecular complexity index is 1170. The highest BCUT2D eigenvalue weighted by Crippen LogP contribution is 2.38. The lowest BCUT2D eigenvalue weighted by atomic mass is 10.0. The number of hydrogen-bond donors (Lipinski definition) is 0. The molecule has 2 fully saturated rings. The van der Waals surface area contributed by atoms with E-state index in [1.54, 1.807) is 46.1 Å². The molecule has 0 atom stereocenters. The van der Waals surface area contributed by atoms with Crippen molar-refractivity contribution in [1.82, 2.24) is 19.7 Å². The number of nitrogens with zero attached hydrogens (tertiary/aromatic N) is 4. The average Bonchev–Trinajstić information content (AvgIpc) is 3.49. The molecule has 0 spiro atoms. The van der Waals surface area contributed by atoms with Gasteiger partial charge in [0.2, 0.25) is 5.76 Å². The van der Waals surface area contributed by atoms with Crippen LogP contribution < -0.4 is 0 Å². The van der Waals surface area contributed by atoms with Gasteiger partial charge in [-0.05, 0) is 6.07 Å². The SMILES string of the molecule is O=C(c1cscn1)N1CCN(C2CN(C(=O)c3cc(-c4ccccc4)oc3C(F)(F)F)C2)CC1. The van der Waals surface area contributed by atoms with Gasteiger partial charge >= 0.3 is 6.18 Å². The molecule has 2 amide bonds. The molecular weight excluding hydrogens is 469 g/mol. The monoisotopic (exact) mass is 490 g/mol. The van der Waals surface area contributed by atoms with Gasteiger partial charge in [-0.15, -0.1) is 11.3 Å². The van der Waals surface area contributed by atoms with Crippen LogP contribution in [-0.4, -0.2) is 76.8 Å². The molecule has 0 bridgehead atoms. The van der Waals surface area contributed by atoms with Crippen LogP contribution in [0.4, 0.5) is 13.2 Å². The quantitative estimate of drug-likeness (QED) is 0.558. The van der Waals surface area contributed by atoms with Gasteiger partial charge in [-0.3, -0.25) is 14.5 Å². The molecule has 7 nitrogen and oxygen atoms in total. The molecular formula is C23H21F3N4O3S. The third kappa shape index (κ3) is 4.32. The van der Waals surface area contributed by atoms with Gasteiger partial charge in [0, 0.05) is 56.3 Å². The maximum atomic E-state index is 13.6. The first kappa shape index (κ1) is 22.6. The first-order valence-corrected chi connectivity index (χ1v) is 11.7. The molecule has 0 N–H and O–H groups in total. The summed E-state index contributed by atoms with van der Waals surface area (Å²) in [6.07, 6.45) is -4.78. The minimum atomic E-state index is -4.78. The van der Waals surface area contributed by atoms with Crippen LogP contribution in [0.3, 0.4) is 0 Å². The molecule has 3 aromatic rings. The molecule has 2 aromatic heterocycles. The number of amides is 2. The predicted octanol–water partition coefficient (Wildman–Crippen LogP) is 3.70. The second-order valence-corrected chi connectivity index (χ2v) is 9.00. The smallest absolute Gasteiger partial charge is 0.450 e. The number of piperazine rings is 1. The number of rotatable bonds is 4. The van der Waals surface area contributed by atoms with Crippen molar-refractivity contribution < 1.29 is 27.2 Å². The summed E-state index contributed by atoms with van der Waals surface area (Å²) in [6, 6.07) is 9.62. The lowest BCUT2D eigenvalue weighted by molar-refractivity contribution is -0.153. The molecule has 0 radical (unpaired) electrons. The van der Waals surface area contributed by atoms with Crippen LogP contribution in [0, 0.1) is 0 Å². The van der Waals surface area contributed by atoms with Gasteiger partial charge < -0.3 is 14.2 Å². The van der Waals surface area contributed by atoms with E-state index < -0.39 is 23.4 Å². The molecule has 0 saturated carbocycles. The van der Waals surface area contributed by atoms with Gasteiger partial charge in [0.15, 0.2) is 0 Å². The van der Waals surface area contributed by atoms with Crippen LogP contribution in [0.2, 0.25) is 0 Å². The third-order valence-electron chi connectivity index (χ3n) is 6.20. The van der Waals surface area contributed by atoms with Crippen molar-refractivity contribution in [3.8, 4) is 11.3 Å². The summed E-state index contributed by atoms with van der Waals surface area (Å²) < 4.78 is 45.8. The van der Waals surface area contributed by atoms with Crippen LogP contribution >= 0.6 is 11.3 Å². The number of benzene rings is 1. The van der Waals surface area contributed by atoms with Crippen LogP contribution in [0.25, 0.3) is 11.3 Å². The zero-order valence-electron chi connectivity index (χ0n) is 18.0. The van der Waals surface area contributed by atoms with E-state index in [1.165, 1.54) is 22.3 Å². The second-order valence-electron chi connectivity index (χ2n) is 8.28. The van der Waals surface area contributed by atoms with Gasteiger partial charge in [-0.25, -0.2) is 4.98 Å². The van der Waals surface area contributed by atoms with Crippen LogP contribution in [0.15, 0.2) is 51.7 Å². The third-order valence-corrected chi connectivity index (χ3v) is 6.78. The number of carbonyl (C=O) groups excluding carboxylic acids is 2. The number of furan rings is 1. The number of halogens is 3. The first-order chi connectivity index (χ1) is 16.3. The fourth-order valence-corrected chi connectivity index (χ4v) is 4.82. The molecule has 0 aliphatic carbocycles. The van der Waals surface area contributed by atoms with Gasteiger partial charge in [-0.2, -0.15) is 13.2 Å². The number of alkyl halides is 3. The summed E-state index contributed by atoms with van der Waals surface area (Å²) in [5.41, 5.74) is 2.06. The van der Waals surface area contributed by atoms with Crippen LogP contribution in [0.1, 0.15) is 26.6 Å². The molecule has 2 aliphatic heterocycles. The number of aromatic nitrogens is 1. The summed E-state index contributed by atoms with van der Waals surface area (Å²) in [5.74, 6) is -2.05. The van der Waals surface area contributed by atoms with Crippen molar-refractivity contribution in [2.75, 3.05) is 39.3 Å². The summed E-state index contributed by atoms with van der Waals surface area (Å²) in [6.45, 7) is 3.03. The van der Waals surface area contributed by atoms with E-state index in [1.807, 2.05) is 0 Å². The van der Waals surface area contributed by atoms with E-state index in [0.717, 1.165) is 0 Å². The Hall–Kier alpha value is -3.18. The fourth-order valence-electron chi connectivity index (χ4n) is 4.30. The molecule has 178 valence electrons. The summed E-state index contributed by atoms with van der Waals surface area (Å²) >= 11 is 1.37. The van der Waals surface area contributed by atoms with E-state index in [4.69, 9.17) is 4.42 Å².